The van der Waals surface area contributed by atoms with Crippen LogP contribution in [0.3, 0.4) is 0 Å². The van der Waals surface area contributed by atoms with E-state index in [0.29, 0.717) is 28.5 Å². The van der Waals surface area contributed by atoms with Crippen molar-refractivity contribution in [3.05, 3.63) is 22.8 Å². The molecule has 0 fully saturated rings. The Morgan fingerprint density at radius 2 is 2.07 bits per heavy atom. The molecular weight excluding hydrogens is 210 g/mol. The first kappa shape index (κ1) is 11.8. The Morgan fingerprint density at radius 1 is 1.40 bits per heavy atom. The minimum absolute atomic E-state index is 0.294. The molecule has 0 aliphatic heterocycles. The molecule has 0 spiro atoms. The maximum absolute atomic E-state index is 8.77. The molecule has 1 rings (SSSR count). The van der Waals surface area contributed by atoms with E-state index in [9.17, 15) is 0 Å². The summed E-state index contributed by atoms with van der Waals surface area (Å²) >= 11 is 5.79. The van der Waals surface area contributed by atoms with E-state index < -0.39 is 0 Å². The number of nitrogens with one attached hydrogen (secondary N) is 1. The fourth-order valence-corrected chi connectivity index (χ4v) is 1.24. The molecule has 1 N–H and O–H groups in total. The molecule has 1 heterocycles. The van der Waals surface area contributed by atoms with Crippen LogP contribution in [0.25, 0.3) is 0 Å². The van der Waals surface area contributed by atoms with E-state index in [0.717, 1.165) is 0 Å². The van der Waals surface area contributed by atoms with Gasteiger partial charge in [-0.3, -0.25) is 0 Å². The Labute approximate surface area is 95.1 Å². The second kappa shape index (κ2) is 4.99. The summed E-state index contributed by atoms with van der Waals surface area (Å²) in [5, 5.41) is 12.3. The van der Waals surface area contributed by atoms with E-state index >= 15 is 0 Å². The lowest BCUT2D eigenvalue weighted by Crippen LogP contribution is -2.22. The summed E-state index contributed by atoms with van der Waals surface area (Å²) < 4.78 is 0. The Hall–Kier alpha value is -1.27. The topological polar surface area (TPSA) is 48.7 Å². The largest absolute Gasteiger partial charge is 0.367 e. The van der Waals surface area contributed by atoms with Crippen LogP contribution in [0, 0.1) is 17.2 Å². The lowest BCUT2D eigenvalue weighted by Gasteiger charge is -2.18. The highest BCUT2D eigenvalue weighted by Gasteiger charge is 2.08. The van der Waals surface area contributed by atoms with Gasteiger partial charge in [-0.2, -0.15) is 5.26 Å². The quantitative estimate of drug-likeness (QED) is 0.802. The standard InChI is InChI=1S/C11H14ClN3/c1-7(2)8(3)14-11-5-9(6-13)4-10(12)15-11/h4-5,7-8H,1-3H3,(H,14,15). The van der Waals surface area contributed by atoms with Gasteiger partial charge in [0.1, 0.15) is 11.0 Å². The molecule has 1 unspecified atom stereocenters. The van der Waals surface area contributed by atoms with Crippen LogP contribution in [0.4, 0.5) is 5.82 Å². The lowest BCUT2D eigenvalue weighted by molar-refractivity contribution is 0.558. The number of nitriles is 1. The first-order valence-electron chi connectivity index (χ1n) is 4.87. The van der Waals surface area contributed by atoms with Gasteiger partial charge in [-0.1, -0.05) is 25.4 Å². The normalized spacial score (nSPS) is 12.3. The van der Waals surface area contributed by atoms with Crippen molar-refractivity contribution in [1.82, 2.24) is 4.98 Å². The van der Waals surface area contributed by atoms with Crippen molar-refractivity contribution >= 4 is 17.4 Å². The Kier molecular flexibility index (Phi) is 3.93. The molecule has 0 amide bonds. The van der Waals surface area contributed by atoms with Gasteiger partial charge in [-0.15, -0.1) is 0 Å². The van der Waals surface area contributed by atoms with Gasteiger partial charge < -0.3 is 5.32 Å². The number of nitrogens with zero attached hydrogens (tertiary/aromatic N) is 2. The number of aromatic nitrogens is 1. The maximum Gasteiger partial charge on any atom is 0.132 e. The van der Waals surface area contributed by atoms with Gasteiger partial charge in [0.25, 0.3) is 0 Å². The van der Waals surface area contributed by atoms with Gasteiger partial charge >= 0.3 is 0 Å². The zero-order valence-corrected chi connectivity index (χ0v) is 9.84. The zero-order valence-electron chi connectivity index (χ0n) is 9.08. The van der Waals surface area contributed by atoms with Crippen molar-refractivity contribution in [2.24, 2.45) is 5.92 Å². The second-order valence-electron chi connectivity index (χ2n) is 3.85. The number of rotatable bonds is 3. The molecule has 4 heteroatoms. The number of halogens is 1. The third kappa shape index (κ3) is 3.41. The highest BCUT2D eigenvalue weighted by molar-refractivity contribution is 6.29. The molecule has 1 aromatic rings. The Morgan fingerprint density at radius 3 is 2.60 bits per heavy atom. The van der Waals surface area contributed by atoms with Gasteiger partial charge in [0, 0.05) is 6.04 Å². The molecular formula is C11H14ClN3. The van der Waals surface area contributed by atoms with E-state index in [1.165, 1.54) is 0 Å². The number of hydrogen-bond donors (Lipinski definition) is 1. The molecule has 1 atom stereocenters. The summed E-state index contributed by atoms with van der Waals surface area (Å²) in [6.45, 7) is 6.31. The lowest BCUT2D eigenvalue weighted by atomic mass is 10.1. The predicted octanol–water partition coefficient (Wildman–Crippen LogP) is 3.06. The van der Waals surface area contributed by atoms with Crippen LogP contribution in [0.15, 0.2) is 12.1 Å². The monoisotopic (exact) mass is 223 g/mol. The van der Waals surface area contributed by atoms with E-state index in [4.69, 9.17) is 16.9 Å². The van der Waals surface area contributed by atoms with Gasteiger partial charge in [-0.05, 0) is 25.0 Å². The second-order valence-corrected chi connectivity index (χ2v) is 4.24. The third-order valence-electron chi connectivity index (χ3n) is 2.30. The van der Waals surface area contributed by atoms with Crippen LogP contribution < -0.4 is 5.32 Å². The van der Waals surface area contributed by atoms with Crippen LogP contribution in [-0.4, -0.2) is 11.0 Å². The van der Waals surface area contributed by atoms with Crippen molar-refractivity contribution in [2.45, 2.75) is 26.8 Å². The molecule has 0 aliphatic rings. The average Bonchev–Trinajstić information content (AvgIpc) is 2.16. The summed E-state index contributed by atoms with van der Waals surface area (Å²) in [5.41, 5.74) is 0.522. The van der Waals surface area contributed by atoms with Gasteiger partial charge in [0.15, 0.2) is 0 Å². The van der Waals surface area contributed by atoms with Crippen molar-refractivity contribution in [2.75, 3.05) is 5.32 Å². The molecule has 15 heavy (non-hydrogen) atoms. The zero-order chi connectivity index (χ0) is 11.4. The Bertz CT molecular complexity index is 382. The summed E-state index contributed by atoms with van der Waals surface area (Å²) in [6.07, 6.45) is 0. The van der Waals surface area contributed by atoms with Gasteiger partial charge in [0.2, 0.25) is 0 Å². The smallest absolute Gasteiger partial charge is 0.132 e. The molecule has 0 aliphatic carbocycles. The predicted molar refractivity (Wildman–Crippen MR) is 61.9 cm³/mol. The molecule has 0 saturated carbocycles. The molecule has 0 aromatic carbocycles. The summed E-state index contributed by atoms with van der Waals surface area (Å²) in [6, 6.07) is 5.59. The van der Waals surface area contributed by atoms with Crippen LogP contribution in [0.2, 0.25) is 5.15 Å². The van der Waals surface area contributed by atoms with Crippen molar-refractivity contribution < 1.29 is 0 Å². The first-order chi connectivity index (χ1) is 7.02. The van der Waals surface area contributed by atoms with Crippen LogP contribution in [-0.2, 0) is 0 Å². The SMILES string of the molecule is CC(C)C(C)Nc1cc(C#N)cc(Cl)n1. The van der Waals surface area contributed by atoms with E-state index in [2.05, 4.69) is 31.1 Å². The summed E-state index contributed by atoms with van der Waals surface area (Å²) in [7, 11) is 0. The van der Waals surface area contributed by atoms with Crippen LogP contribution in [0.5, 0.6) is 0 Å². The van der Waals surface area contributed by atoms with E-state index in [1.807, 2.05) is 6.07 Å². The minimum Gasteiger partial charge on any atom is -0.367 e. The third-order valence-corrected chi connectivity index (χ3v) is 2.49. The molecule has 3 nitrogen and oxygen atoms in total. The number of hydrogen-bond acceptors (Lipinski definition) is 3. The van der Waals surface area contributed by atoms with Gasteiger partial charge in [-0.25, -0.2) is 4.98 Å². The summed E-state index contributed by atoms with van der Waals surface area (Å²) in [5.74, 6) is 1.15. The average molecular weight is 224 g/mol. The van der Waals surface area contributed by atoms with Crippen LogP contribution >= 0.6 is 11.6 Å². The van der Waals surface area contributed by atoms with Crippen LogP contribution in [0.1, 0.15) is 26.3 Å². The molecule has 80 valence electrons. The maximum atomic E-state index is 8.77. The highest BCUT2D eigenvalue weighted by atomic mass is 35.5. The minimum atomic E-state index is 0.294. The molecule has 0 radical (unpaired) electrons. The first-order valence-corrected chi connectivity index (χ1v) is 5.25. The van der Waals surface area contributed by atoms with E-state index in [-0.39, 0.29) is 0 Å². The number of anilines is 1. The van der Waals surface area contributed by atoms with Gasteiger partial charge in [0.05, 0.1) is 11.6 Å². The fourth-order valence-electron chi connectivity index (χ4n) is 1.04. The Balaban J connectivity index is 2.87. The van der Waals surface area contributed by atoms with Crippen molar-refractivity contribution in [3.63, 3.8) is 0 Å². The fraction of sp³-hybridized carbons (Fsp3) is 0.455. The molecule has 1 aromatic heterocycles. The van der Waals surface area contributed by atoms with Crippen molar-refractivity contribution in [3.8, 4) is 6.07 Å². The molecule has 0 bridgehead atoms. The van der Waals surface area contributed by atoms with E-state index in [1.54, 1.807) is 12.1 Å². The highest BCUT2D eigenvalue weighted by Crippen LogP contribution is 2.16. The van der Waals surface area contributed by atoms with Crippen molar-refractivity contribution in [1.29, 1.82) is 5.26 Å². The number of pyridine rings is 1. The molecule has 0 saturated heterocycles. The summed E-state index contributed by atoms with van der Waals surface area (Å²) in [4.78, 5) is 4.11.